The van der Waals surface area contributed by atoms with E-state index >= 15 is 0 Å². The lowest BCUT2D eigenvalue weighted by atomic mass is 9.98. The summed E-state index contributed by atoms with van der Waals surface area (Å²) in [5.74, 6) is 0.195. The number of aromatic nitrogens is 1. The van der Waals surface area contributed by atoms with Crippen LogP contribution in [-0.4, -0.2) is 10.1 Å². The van der Waals surface area contributed by atoms with Gasteiger partial charge in [-0.1, -0.05) is 71.5 Å². The van der Waals surface area contributed by atoms with Crippen LogP contribution in [0.2, 0.25) is 5.02 Å². The number of nitrogens with one attached hydrogen (secondary N) is 1. The van der Waals surface area contributed by atoms with Crippen molar-refractivity contribution in [1.82, 2.24) is 4.98 Å². The third-order valence-electron chi connectivity index (χ3n) is 4.70. The summed E-state index contributed by atoms with van der Waals surface area (Å²) in [6.07, 6.45) is 0. The van der Waals surface area contributed by atoms with Gasteiger partial charge in [0.2, 0.25) is 0 Å². The quantitative estimate of drug-likeness (QED) is 0.313. The number of phenols is 1. The lowest BCUT2D eigenvalue weighted by Gasteiger charge is -2.14. The fraction of sp³-hybridized carbons (Fsp3) is 0. The van der Waals surface area contributed by atoms with E-state index in [2.05, 4.69) is 10.3 Å². The van der Waals surface area contributed by atoms with Crippen molar-refractivity contribution >= 4 is 54.7 Å². The first-order chi connectivity index (χ1) is 13.7. The van der Waals surface area contributed by atoms with Crippen LogP contribution in [0.4, 0.5) is 10.8 Å². The first-order valence-corrected chi connectivity index (χ1v) is 10.0. The maximum Gasteiger partial charge on any atom is 0.188 e. The third-order valence-corrected chi connectivity index (χ3v) is 5.91. The number of fused-ring (bicyclic) bond motifs is 2. The van der Waals surface area contributed by atoms with E-state index in [-0.39, 0.29) is 5.75 Å². The van der Waals surface area contributed by atoms with Crippen molar-refractivity contribution in [1.29, 1.82) is 0 Å². The Labute approximate surface area is 170 Å². The van der Waals surface area contributed by atoms with Gasteiger partial charge in [-0.25, -0.2) is 4.98 Å². The molecule has 1 aromatic heterocycles. The number of nitrogens with zero attached hydrogens (tertiary/aromatic N) is 1. The zero-order chi connectivity index (χ0) is 19.1. The minimum Gasteiger partial charge on any atom is -0.505 e. The number of aromatic hydroxyl groups is 1. The summed E-state index contributed by atoms with van der Waals surface area (Å²) in [6.45, 7) is 0. The van der Waals surface area contributed by atoms with Crippen LogP contribution in [0.25, 0.3) is 32.1 Å². The van der Waals surface area contributed by atoms with Crippen LogP contribution < -0.4 is 5.32 Å². The molecule has 0 fully saturated rings. The molecule has 0 saturated heterocycles. The van der Waals surface area contributed by atoms with Crippen LogP contribution in [0.15, 0.2) is 78.9 Å². The highest BCUT2D eigenvalue weighted by atomic mass is 35.5. The molecule has 0 aliphatic heterocycles. The highest BCUT2D eigenvalue weighted by molar-refractivity contribution is 7.22. The van der Waals surface area contributed by atoms with Crippen LogP contribution in [0, 0.1) is 0 Å². The second kappa shape index (κ2) is 6.82. The summed E-state index contributed by atoms with van der Waals surface area (Å²) in [5.41, 5.74) is 3.24. The smallest absolute Gasteiger partial charge is 0.188 e. The van der Waals surface area contributed by atoms with Crippen LogP contribution >= 0.6 is 22.9 Å². The summed E-state index contributed by atoms with van der Waals surface area (Å²) in [7, 11) is 0. The van der Waals surface area contributed by atoms with Gasteiger partial charge >= 0.3 is 0 Å². The monoisotopic (exact) mass is 402 g/mol. The minimum atomic E-state index is 0.195. The van der Waals surface area contributed by atoms with Crippen LogP contribution in [0.3, 0.4) is 0 Å². The second-order valence-corrected chi connectivity index (χ2v) is 7.95. The number of thiazole rings is 1. The molecule has 136 valence electrons. The van der Waals surface area contributed by atoms with Crippen LogP contribution in [-0.2, 0) is 0 Å². The Kier molecular flexibility index (Phi) is 4.15. The van der Waals surface area contributed by atoms with Crippen LogP contribution in [0.5, 0.6) is 5.75 Å². The fourth-order valence-corrected chi connectivity index (χ4v) is 4.34. The maximum absolute atomic E-state index is 11.1. The minimum absolute atomic E-state index is 0.195. The molecule has 0 atom stereocenters. The third kappa shape index (κ3) is 2.97. The van der Waals surface area contributed by atoms with Crippen molar-refractivity contribution < 1.29 is 5.11 Å². The van der Waals surface area contributed by atoms with Crippen molar-refractivity contribution in [2.75, 3.05) is 5.32 Å². The zero-order valence-corrected chi connectivity index (χ0v) is 16.3. The molecular formula is C23H15ClN2OS. The SMILES string of the molecule is Oc1c(-c2ccc(Cl)cc2)cc2ccccc2c1Nc1nc2ccccc2s1. The van der Waals surface area contributed by atoms with Crippen molar-refractivity contribution in [2.45, 2.75) is 0 Å². The first-order valence-electron chi connectivity index (χ1n) is 8.82. The molecule has 0 aliphatic rings. The Bertz CT molecular complexity index is 1280. The van der Waals surface area contributed by atoms with E-state index in [1.54, 1.807) is 11.3 Å². The summed E-state index contributed by atoms with van der Waals surface area (Å²) in [4.78, 5) is 4.65. The van der Waals surface area contributed by atoms with Crippen LogP contribution in [0.1, 0.15) is 0 Å². The molecule has 0 saturated carbocycles. The molecule has 5 rings (SSSR count). The molecule has 1 heterocycles. The number of hydrogen-bond acceptors (Lipinski definition) is 4. The average Bonchev–Trinajstić information content (AvgIpc) is 3.13. The van der Waals surface area contributed by atoms with Gasteiger partial charge in [0.05, 0.1) is 15.9 Å². The maximum atomic E-state index is 11.1. The van der Waals surface area contributed by atoms with E-state index in [1.165, 1.54) is 0 Å². The number of benzene rings is 4. The van der Waals surface area contributed by atoms with Crippen molar-refractivity contribution in [2.24, 2.45) is 0 Å². The Morgan fingerprint density at radius 2 is 1.64 bits per heavy atom. The van der Waals surface area contributed by atoms with Gasteiger partial charge in [-0.3, -0.25) is 0 Å². The molecule has 2 N–H and O–H groups in total. The predicted molar refractivity (Wildman–Crippen MR) is 119 cm³/mol. The van der Waals surface area contributed by atoms with Crippen molar-refractivity contribution in [3.8, 4) is 16.9 Å². The Hall–Kier alpha value is -3.08. The topological polar surface area (TPSA) is 45.1 Å². The lowest BCUT2D eigenvalue weighted by Crippen LogP contribution is -1.94. The number of anilines is 2. The van der Waals surface area contributed by atoms with E-state index in [9.17, 15) is 5.11 Å². The summed E-state index contributed by atoms with van der Waals surface area (Å²) in [6, 6.07) is 25.5. The number of phenolic OH excluding ortho intramolecular Hbond substituents is 1. The van der Waals surface area contributed by atoms with Gasteiger partial charge in [-0.2, -0.15) is 0 Å². The van der Waals surface area contributed by atoms with E-state index in [4.69, 9.17) is 11.6 Å². The standard InChI is InChI=1S/C23H15ClN2OS/c24-16-11-9-14(10-12-16)18-13-15-5-1-2-6-17(15)21(22(18)27)26-23-25-19-7-3-4-8-20(19)28-23/h1-13,27H,(H,25,26). The van der Waals surface area contributed by atoms with Crippen molar-refractivity contribution in [3.63, 3.8) is 0 Å². The zero-order valence-electron chi connectivity index (χ0n) is 14.7. The molecule has 0 aliphatic carbocycles. The fourth-order valence-electron chi connectivity index (χ4n) is 3.35. The Morgan fingerprint density at radius 3 is 2.46 bits per heavy atom. The number of para-hydroxylation sites is 1. The first kappa shape index (κ1) is 17.0. The van der Waals surface area contributed by atoms with E-state index in [1.807, 2.05) is 78.9 Å². The molecule has 0 unspecified atom stereocenters. The molecule has 28 heavy (non-hydrogen) atoms. The Morgan fingerprint density at radius 1 is 0.893 bits per heavy atom. The molecule has 0 spiro atoms. The summed E-state index contributed by atoms with van der Waals surface area (Å²) in [5, 5.41) is 17.9. The number of rotatable bonds is 3. The highest BCUT2D eigenvalue weighted by Gasteiger charge is 2.16. The second-order valence-electron chi connectivity index (χ2n) is 6.49. The summed E-state index contributed by atoms with van der Waals surface area (Å²) >= 11 is 7.59. The van der Waals surface area contributed by atoms with Gasteiger partial charge in [0, 0.05) is 16.0 Å². The molecule has 0 radical (unpaired) electrons. The molecule has 3 nitrogen and oxygen atoms in total. The molecule has 0 amide bonds. The van der Waals surface area contributed by atoms with E-state index in [0.29, 0.717) is 10.7 Å². The van der Waals surface area contributed by atoms with E-state index in [0.717, 1.165) is 37.2 Å². The summed E-state index contributed by atoms with van der Waals surface area (Å²) < 4.78 is 1.10. The molecule has 5 aromatic rings. The van der Waals surface area contributed by atoms with Crippen molar-refractivity contribution in [3.05, 3.63) is 83.9 Å². The van der Waals surface area contributed by atoms with Gasteiger partial charge in [0.25, 0.3) is 0 Å². The van der Waals surface area contributed by atoms with Gasteiger partial charge in [-0.05, 0) is 41.3 Å². The van der Waals surface area contributed by atoms with Gasteiger partial charge < -0.3 is 10.4 Å². The van der Waals surface area contributed by atoms with Gasteiger partial charge in [0.15, 0.2) is 5.13 Å². The number of halogens is 1. The van der Waals surface area contributed by atoms with Gasteiger partial charge in [0.1, 0.15) is 5.75 Å². The Balaban J connectivity index is 1.69. The highest BCUT2D eigenvalue weighted by Crippen LogP contribution is 2.43. The molecule has 5 heteroatoms. The average molecular weight is 403 g/mol. The largest absolute Gasteiger partial charge is 0.505 e. The normalized spacial score (nSPS) is 11.2. The molecular weight excluding hydrogens is 388 g/mol. The van der Waals surface area contributed by atoms with Gasteiger partial charge in [-0.15, -0.1) is 0 Å². The predicted octanol–water partition coefficient (Wildman–Crippen LogP) is 7.22. The molecule has 0 bridgehead atoms. The molecule has 4 aromatic carbocycles. The van der Waals surface area contributed by atoms with E-state index < -0.39 is 0 Å². The number of hydrogen-bond donors (Lipinski definition) is 2. The lowest BCUT2D eigenvalue weighted by molar-refractivity contribution is 0.480.